The Labute approximate surface area is 170 Å². The molecule has 8 heteroatoms. The number of hydrogen-bond donors (Lipinski definition) is 4. The summed E-state index contributed by atoms with van der Waals surface area (Å²) in [5.41, 5.74) is 1.29. The van der Waals surface area contributed by atoms with E-state index in [1.54, 1.807) is 4.68 Å². The Balaban J connectivity index is 1.64. The topological polar surface area (TPSA) is 100 Å². The first kappa shape index (κ1) is 19.4. The fraction of sp³-hybridized carbons (Fsp3) is 0.476. The van der Waals surface area contributed by atoms with Crippen molar-refractivity contribution in [2.24, 2.45) is 5.92 Å². The molecule has 0 spiro atoms. The molecule has 0 bridgehead atoms. The largest absolute Gasteiger partial charge is 0.333 e. The highest BCUT2D eigenvalue weighted by Gasteiger charge is 2.40. The number of anilines is 1. The first-order valence-electron chi connectivity index (χ1n) is 10.1. The number of hydrogen-bond acceptors (Lipinski definition) is 4. The van der Waals surface area contributed by atoms with Crippen LogP contribution in [0.2, 0.25) is 0 Å². The summed E-state index contributed by atoms with van der Waals surface area (Å²) in [5, 5.41) is 17.0. The fourth-order valence-corrected chi connectivity index (χ4v) is 4.01. The third-order valence-electron chi connectivity index (χ3n) is 5.28. The molecule has 8 nitrogen and oxygen atoms in total. The lowest BCUT2D eigenvalue weighted by molar-refractivity contribution is -0.130. The summed E-state index contributed by atoms with van der Waals surface area (Å²) in [6.07, 6.45) is 2.40. The summed E-state index contributed by atoms with van der Waals surface area (Å²) < 4.78 is 1.65. The van der Waals surface area contributed by atoms with E-state index in [-0.39, 0.29) is 29.4 Å². The summed E-state index contributed by atoms with van der Waals surface area (Å²) in [6, 6.07) is 11.4. The SMILES string of the molecule is CC(C)(C)NC(=O)Nc1cc(-c2ccccc2)nn1C1NC(=O)C2CCCC2N1. The van der Waals surface area contributed by atoms with Gasteiger partial charge in [0.25, 0.3) is 0 Å². The Hall–Kier alpha value is -2.87. The number of nitrogens with one attached hydrogen (secondary N) is 4. The summed E-state index contributed by atoms with van der Waals surface area (Å²) in [7, 11) is 0. The molecule has 3 amide bonds. The van der Waals surface area contributed by atoms with Gasteiger partial charge in [0.15, 0.2) is 6.29 Å². The number of benzene rings is 1. The number of carbonyl (C=O) groups is 2. The van der Waals surface area contributed by atoms with Crippen LogP contribution in [0.25, 0.3) is 11.3 Å². The van der Waals surface area contributed by atoms with Gasteiger partial charge in [-0.1, -0.05) is 36.8 Å². The van der Waals surface area contributed by atoms with E-state index in [0.717, 1.165) is 30.5 Å². The van der Waals surface area contributed by atoms with Crippen LogP contribution in [0.15, 0.2) is 36.4 Å². The molecule has 2 fully saturated rings. The third-order valence-corrected chi connectivity index (χ3v) is 5.28. The first-order valence-corrected chi connectivity index (χ1v) is 10.1. The van der Waals surface area contributed by atoms with E-state index in [2.05, 4.69) is 21.3 Å². The highest BCUT2D eigenvalue weighted by Crippen LogP contribution is 2.31. The molecular weight excluding hydrogens is 368 g/mol. The molecule has 4 rings (SSSR count). The van der Waals surface area contributed by atoms with Crippen molar-refractivity contribution in [3.05, 3.63) is 36.4 Å². The third kappa shape index (κ3) is 4.27. The molecule has 1 aliphatic carbocycles. The van der Waals surface area contributed by atoms with Gasteiger partial charge in [-0.2, -0.15) is 5.10 Å². The van der Waals surface area contributed by atoms with Crippen LogP contribution in [0, 0.1) is 5.92 Å². The van der Waals surface area contributed by atoms with Crippen LogP contribution in [0.1, 0.15) is 46.3 Å². The molecule has 4 N–H and O–H groups in total. The summed E-state index contributed by atoms with van der Waals surface area (Å²) in [4.78, 5) is 25.1. The van der Waals surface area contributed by atoms with Gasteiger partial charge in [-0.05, 0) is 33.6 Å². The van der Waals surface area contributed by atoms with Crippen LogP contribution in [-0.2, 0) is 4.79 Å². The van der Waals surface area contributed by atoms with E-state index >= 15 is 0 Å². The van der Waals surface area contributed by atoms with Crippen molar-refractivity contribution >= 4 is 17.8 Å². The Morgan fingerprint density at radius 1 is 1.21 bits per heavy atom. The lowest BCUT2D eigenvalue weighted by Crippen LogP contribution is -2.57. The smallest absolute Gasteiger partial charge is 0.320 e. The summed E-state index contributed by atoms with van der Waals surface area (Å²) in [5.74, 6) is 0.564. The number of nitrogens with zero attached hydrogens (tertiary/aromatic N) is 2. The Morgan fingerprint density at radius 3 is 2.69 bits per heavy atom. The minimum absolute atomic E-state index is 0.0102. The second kappa shape index (κ2) is 7.51. The minimum Gasteiger partial charge on any atom is -0.333 e. The molecule has 1 aromatic carbocycles. The average molecular weight is 396 g/mol. The number of amides is 3. The van der Waals surface area contributed by atoms with Crippen molar-refractivity contribution in [1.82, 2.24) is 25.7 Å². The molecule has 2 aliphatic rings. The van der Waals surface area contributed by atoms with Crippen LogP contribution >= 0.6 is 0 Å². The van der Waals surface area contributed by atoms with Crippen molar-refractivity contribution < 1.29 is 9.59 Å². The van der Waals surface area contributed by atoms with Gasteiger partial charge in [0.05, 0.1) is 11.6 Å². The number of urea groups is 1. The molecule has 1 saturated heterocycles. The van der Waals surface area contributed by atoms with Crippen molar-refractivity contribution in [1.29, 1.82) is 0 Å². The molecule has 1 saturated carbocycles. The monoisotopic (exact) mass is 396 g/mol. The van der Waals surface area contributed by atoms with Gasteiger partial charge in [-0.3, -0.25) is 15.4 Å². The second-order valence-corrected chi connectivity index (χ2v) is 8.78. The fourth-order valence-electron chi connectivity index (χ4n) is 4.01. The predicted molar refractivity (Wildman–Crippen MR) is 111 cm³/mol. The molecule has 29 heavy (non-hydrogen) atoms. The molecule has 154 valence electrons. The van der Waals surface area contributed by atoms with Gasteiger partial charge in [-0.25, -0.2) is 9.48 Å². The standard InChI is InChI=1S/C21H28N6O2/c1-21(2,3)25-20(29)23-17-12-16(13-8-5-4-6-9-13)26-27(17)19-22-15-11-7-10-14(15)18(28)24-19/h4-6,8-9,12,14-15,19,22H,7,10-11H2,1-3H3,(H,24,28)(H2,23,25,29). The van der Waals surface area contributed by atoms with Crippen molar-refractivity contribution in [3.8, 4) is 11.3 Å². The maximum absolute atomic E-state index is 12.6. The molecule has 1 aliphatic heterocycles. The Bertz CT molecular complexity index is 902. The van der Waals surface area contributed by atoms with Crippen LogP contribution in [-0.4, -0.2) is 33.3 Å². The summed E-state index contributed by atoms with van der Waals surface area (Å²) in [6.45, 7) is 5.76. The van der Waals surface area contributed by atoms with Gasteiger partial charge >= 0.3 is 6.03 Å². The molecule has 1 aromatic heterocycles. The second-order valence-electron chi connectivity index (χ2n) is 8.78. The van der Waals surface area contributed by atoms with E-state index in [4.69, 9.17) is 5.10 Å². The van der Waals surface area contributed by atoms with Gasteiger partial charge in [0.1, 0.15) is 5.82 Å². The van der Waals surface area contributed by atoms with E-state index in [0.29, 0.717) is 5.82 Å². The van der Waals surface area contributed by atoms with Gasteiger partial charge in [0, 0.05) is 23.2 Å². The zero-order valence-corrected chi connectivity index (χ0v) is 17.0. The van der Waals surface area contributed by atoms with Gasteiger partial charge in [-0.15, -0.1) is 0 Å². The Kier molecular flexibility index (Phi) is 5.04. The quantitative estimate of drug-likeness (QED) is 0.641. The van der Waals surface area contributed by atoms with Crippen molar-refractivity contribution in [2.45, 2.75) is 57.9 Å². The lowest BCUT2D eigenvalue weighted by Gasteiger charge is -2.34. The van der Waals surface area contributed by atoms with Gasteiger partial charge in [0.2, 0.25) is 5.91 Å². The maximum atomic E-state index is 12.6. The van der Waals surface area contributed by atoms with Crippen LogP contribution < -0.4 is 21.3 Å². The number of aromatic nitrogens is 2. The summed E-state index contributed by atoms with van der Waals surface area (Å²) >= 11 is 0. The first-order chi connectivity index (χ1) is 13.8. The molecular formula is C21H28N6O2. The predicted octanol–water partition coefficient (Wildman–Crippen LogP) is 2.81. The van der Waals surface area contributed by atoms with E-state index < -0.39 is 6.29 Å². The van der Waals surface area contributed by atoms with E-state index in [1.165, 1.54) is 0 Å². The molecule has 3 unspecified atom stereocenters. The molecule has 0 radical (unpaired) electrons. The van der Waals surface area contributed by atoms with Crippen LogP contribution in [0.3, 0.4) is 0 Å². The van der Waals surface area contributed by atoms with Crippen molar-refractivity contribution in [2.75, 3.05) is 5.32 Å². The maximum Gasteiger partial charge on any atom is 0.320 e. The van der Waals surface area contributed by atoms with Crippen LogP contribution in [0.5, 0.6) is 0 Å². The number of carbonyl (C=O) groups excluding carboxylic acids is 2. The highest BCUT2D eigenvalue weighted by molar-refractivity contribution is 5.89. The molecule has 2 heterocycles. The zero-order valence-electron chi connectivity index (χ0n) is 17.0. The van der Waals surface area contributed by atoms with Crippen LogP contribution in [0.4, 0.5) is 10.6 Å². The Morgan fingerprint density at radius 2 is 1.97 bits per heavy atom. The normalized spacial score (nSPS) is 24.0. The molecule has 3 atom stereocenters. The zero-order chi connectivity index (χ0) is 20.6. The average Bonchev–Trinajstić information content (AvgIpc) is 3.28. The van der Waals surface area contributed by atoms with Gasteiger partial charge < -0.3 is 10.6 Å². The van der Waals surface area contributed by atoms with E-state index in [1.807, 2.05) is 57.2 Å². The molecule has 2 aromatic rings. The minimum atomic E-state index is -0.510. The lowest BCUT2D eigenvalue weighted by atomic mass is 10.0. The van der Waals surface area contributed by atoms with Crippen molar-refractivity contribution in [3.63, 3.8) is 0 Å². The number of fused-ring (bicyclic) bond motifs is 1. The highest BCUT2D eigenvalue weighted by atomic mass is 16.2. The van der Waals surface area contributed by atoms with E-state index in [9.17, 15) is 9.59 Å². The number of rotatable bonds is 3.